The summed E-state index contributed by atoms with van der Waals surface area (Å²) in [7, 11) is 0. The largest absolute Gasteiger partial charge is 0.344 e. The molecule has 1 heterocycles. The molecular weight excluding hydrogens is 277 g/mol. The van der Waals surface area contributed by atoms with Crippen LogP contribution < -0.4 is 0 Å². The van der Waals surface area contributed by atoms with Gasteiger partial charge in [0.1, 0.15) is 0 Å². The Morgan fingerprint density at radius 1 is 1.16 bits per heavy atom. The van der Waals surface area contributed by atoms with Crippen molar-refractivity contribution in [1.82, 2.24) is 4.57 Å². The van der Waals surface area contributed by atoms with Crippen molar-refractivity contribution in [3.8, 4) is 0 Å². The molecule has 1 aliphatic rings. The van der Waals surface area contributed by atoms with Crippen molar-refractivity contribution in [2.24, 2.45) is 5.41 Å². The normalized spacial score (nSPS) is 20.0. The summed E-state index contributed by atoms with van der Waals surface area (Å²) in [6, 6.07) is 6.54. The Balaban J connectivity index is 1.98. The van der Waals surface area contributed by atoms with E-state index in [0.29, 0.717) is 16.5 Å². The molecule has 2 aromatic rings. The molecule has 0 saturated heterocycles. The fraction of sp³-hybridized carbons (Fsp3) is 0.500. The van der Waals surface area contributed by atoms with E-state index in [0.717, 1.165) is 10.4 Å². The molecule has 19 heavy (non-hydrogen) atoms. The maximum absolute atomic E-state index is 6.26. The molecule has 1 nitrogen and oxygen atoms in total. The van der Waals surface area contributed by atoms with Crippen molar-refractivity contribution in [2.75, 3.05) is 0 Å². The molecule has 0 atom stereocenters. The van der Waals surface area contributed by atoms with E-state index in [1.54, 1.807) is 0 Å². The summed E-state index contributed by atoms with van der Waals surface area (Å²) in [5.41, 5.74) is 1.66. The molecule has 3 rings (SSSR count). The summed E-state index contributed by atoms with van der Waals surface area (Å²) >= 11 is 12.4. The van der Waals surface area contributed by atoms with Gasteiger partial charge in [-0.3, -0.25) is 0 Å². The van der Waals surface area contributed by atoms with Gasteiger partial charge in [0.25, 0.3) is 0 Å². The van der Waals surface area contributed by atoms with Crippen molar-refractivity contribution in [3.05, 3.63) is 34.4 Å². The zero-order chi connectivity index (χ0) is 13.6. The van der Waals surface area contributed by atoms with E-state index in [9.17, 15) is 0 Å². The molecule has 1 aromatic heterocycles. The summed E-state index contributed by atoms with van der Waals surface area (Å²) in [5, 5.41) is 2.57. The zero-order valence-electron chi connectivity index (χ0n) is 11.4. The molecule has 1 saturated carbocycles. The third kappa shape index (κ3) is 2.51. The lowest BCUT2D eigenvalue weighted by molar-refractivity contribution is 0.196. The predicted molar refractivity (Wildman–Crippen MR) is 83.2 cm³/mol. The fourth-order valence-corrected chi connectivity index (χ4v) is 3.71. The summed E-state index contributed by atoms with van der Waals surface area (Å²) in [6.45, 7) is 4.73. The van der Waals surface area contributed by atoms with Crippen LogP contribution in [0.1, 0.15) is 45.6 Å². The fourth-order valence-electron chi connectivity index (χ4n) is 3.17. The SMILES string of the molecule is CC1(C)CCC(n2ccc3c(Cl)cc(Cl)cc32)CC1. The van der Waals surface area contributed by atoms with E-state index in [1.165, 1.54) is 31.2 Å². The smallest absolute Gasteiger partial charge is 0.0514 e. The molecule has 0 unspecified atom stereocenters. The maximum atomic E-state index is 6.26. The number of hydrogen-bond donors (Lipinski definition) is 0. The van der Waals surface area contributed by atoms with Crippen molar-refractivity contribution in [2.45, 2.75) is 45.6 Å². The molecule has 0 bridgehead atoms. The second kappa shape index (κ2) is 4.71. The van der Waals surface area contributed by atoms with Crippen LogP contribution in [-0.4, -0.2) is 4.57 Å². The van der Waals surface area contributed by atoms with E-state index in [1.807, 2.05) is 12.1 Å². The van der Waals surface area contributed by atoms with Gasteiger partial charge in [-0.25, -0.2) is 0 Å². The Bertz CT molecular complexity index is 602. The highest BCUT2D eigenvalue weighted by Gasteiger charge is 2.28. The first-order valence-electron chi connectivity index (χ1n) is 6.92. The quantitative estimate of drug-likeness (QED) is 0.600. The molecule has 0 spiro atoms. The third-order valence-electron chi connectivity index (χ3n) is 4.45. The van der Waals surface area contributed by atoms with Gasteiger partial charge in [-0.05, 0) is 49.3 Å². The van der Waals surface area contributed by atoms with E-state index in [2.05, 4.69) is 30.7 Å². The van der Waals surface area contributed by atoms with Gasteiger partial charge in [0.05, 0.1) is 10.5 Å². The average molecular weight is 296 g/mol. The summed E-state index contributed by atoms with van der Waals surface area (Å²) < 4.78 is 2.36. The molecule has 0 radical (unpaired) electrons. The highest BCUT2D eigenvalue weighted by atomic mass is 35.5. The lowest BCUT2D eigenvalue weighted by atomic mass is 9.75. The molecule has 0 aliphatic heterocycles. The second-order valence-corrected chi connectivity index (χ2v) is 7.28. The molecule has 1 fully saturated rings. The first-order valence-corrected chi connectivity index (χ1v) is 7.67. The van der Waals surface area contributed by atoms with Gasteiger partial charge in [0, 0.05) is 22.6 Å². The number of nitrogens with zero attached hydrogens (tertiary/aromatic N) is 1. The van der Waals surface area contributed by atoms with Crippen molar-refractivity contribution in [3.63, 3.8) is 0 Å². The second-order valence-electron chi connectivity index (χ2n) is 6.44. The Labute approximate surface area is 124 Å². The first kappa shape index (κ1) is 13.3. The standard InChI is InChI=1S/C16H19Cl2N/c1-16(2)6-3-12(4-7-16)19-8-5-13-14(18)9-11(17)10-15(13)19/h5,8-10,12H,3-4,6-7H2,1-2H3. The number of halogens is 2. The number of aromatic nitrogens is 1. The lowest BCUT2D eigenvalue weighted by Gasteiger charge is -2.35. The molecule has 0 N–H and O–H groups in total. The molecular formula is C16H19Cl2N. The maximum Gasteiger partial charge on any atom is 0.0514 e. The van der Waals surface area contributed by atoms with Crippen LogP contribution >= 0.6 is 23.2 Å². The molecule has 102 valence electrons. The van der Waals surface area contributed by atoms with Gasteiger partial charge >= 0.3 is 0 Å². The van der Waals surface area contributed by atoms with Crippen LogP contribution in [0.4, 0.5) is 0 Å². The van der Waals surface area contributed by atoms with Crippen LogP contribution in [0.2, 0.25) is 10.0 Å². The van der Waals surface area contributed by atoms with Gasteiger partial charge < -0.3 is 4.57 Å². The van der Waals surface area contributed by atoms with Crippen LogP contribution in [0.15, 0.2) is 24.4 Å². The minimum Gasteiger partial charge on any atom is -0.344 e. The van der Waals surface area contributed by atoms with Gasteiger partial charge in [-0.2, -0.15) is 0 Å². The molecule has 1 aromatic carbocycles. The van der Waals surface area contributed by atoms with Crippen molar-refractivity contribution >= 4 is 34.1 Å². The Kier molecular flexibility index (Phi) is 3.31. The van der Waals surface area contributed by atoms with Crippen LogP contribution in [0.3, 0.4) is 0 Å². The van der Waals surface area contributed by atoms with E-state index in [-0.39, 0.29) is 0 Å². The van der Waals surface area contributed by atoms with Crippen LogP contribution in [0.5, 0.6) is 0 Å². The number of fused-ring (bicyclic) bond motifs is 1. The van der Waals surface area contributed by atoms with E-state index in [4.69, 9.17) is 23.2 Å². The van der Waals surface area contributed by atoms with Gasteiger partial charge in [-0.1, -0.05) is 37.0 Å². The average Bonchev–Trinajstić information content (AvgIpc) is 2.73. The predicted octanol–water partition coefficient (Wildman–Crippen LogP) is 6.09. The highest BCUT2D eigenvalue weighted by Crippen LogP contribution is 2.42. The monoisotopic (exact) mass is 295 g/mol. The highest BCUT2D eigenvalue weighted by molar-refractivity contribution is 6.38. The van der Waals surface area contributed by atoms with Gasteiger partial charge in [0.15, 0.2) is 0 Å². The number of rotatable bonds is 1. The Morgan fingerprint density at radius 3 is 2.53 bits per heavy atom. The molecule has 3 heteroatoms. The summed E-state index contributed by atoms with van der Waals surface area (Å²) in [4.78, 5) is 0. The topological polar surface area (TPSA) is 4.93 Å². The van der Waals surface area contributed by atoms with Crippen LogP contribution in [0, 0.1) is 5.41 Å². The van der Waals surface area contributed by atoms with Crippen LogP contribution in [0.25, 0.3) is 10.9 Å². The number of hydrogen-bond acceptors (Lipinski definition) is 0. The Hall–Kier alpha value is -0.660. The molecule has 1 aliphatic carbocycles. The van der Waals surface area contributed by atoms with Crippen LogP contribution in [-0.2, 0) is 0 Å². The first-order chi connectivity index (χ1) is 8.96. The number of benzene rings is 1. The molecule has 0 amide bonds. The minimum atomic E-state index is 0.495. The third-order valence-corrected chi connectivity index (χ3v) is 4.99. The van der Waals surface area contributed by atoms with E-state index >= 15 is 0 Å². The lowest BCUT2D eigenvalue weighted by Crippen LogP contribution is -2.23. The van der Waals surface area contributed by atoms with Crippen molar-refractivity contribution in [1.29, 1.82) is 0 Å². The summed E-state index contributed by atoms with van der Waals surface area (Å²) in [5.74, 6) is 0. The van der Waals surface area contributed by atoms with E-state index < -0.39 is 0 Å². The zero-order valence-corrected chi connectivity index (χ0v) is 12.9. The Morgan fingerprint density at radius 2 is 1.84 bits per heavy atom. The minimum absolute atomic E-state index is 0.495. The van der Waals surface area contributed by atoms with Crippen molar-refractivity contribution < 1.29 is 0 Å². The summed E-state index contributed by atoms with van der Waals surface area (Å²) in [6.07, 6.45) is 7.20. The van der Waals surface area contributed by atoms with Gasteiger partial charge in [-0.15, -0.1) is 0 Å². The van der Waals surface area contributed by atoms with Gasteiger partial charge in [0.2, 0.25) is 0 Å².